The number of rotatable bonds is 3. The molecule has 0 spiro atoms. The molecule has 138 valence electrons. The van der Waals surface area contributed by atoms with Crippen LogP contribution < -0.4 is 10.1 Å². The maximum Gasteiger partial charge on any atom is 0.174 e. The van der Waals surface area contributed by atoms with Crippen molar-refractivity contribution in [3.63, 3.8) is 0 Å². The molecule has 1 aliphatic rings. The van der Waals surface area contributed by atoms with Gasteiger partial charge in [0.2, 0.25) is 0 Å². The molecule has 4 rings (SSSR count). The van der Waals surface area contributed by atoms with Crippen LogP contribution >= 0.6 is 12.2 Å². The predicted molar refractivity (Wildman–Crippen MR) is 109 cm³/mol. The summed E-state index contributed by atoms with van der Waals surface area (Å²) in [5.41, 5.74) is 3.06. The molecule has 1 atom stereocenters. The van der Waals surface area contributed by atoms with Gasteiger partial charge >= 0.3 is 0 Å². The van der Waals surface area contributed by atoms with Crippen molar-refractivity contribution >= 4 is 23.0 Å². The molecule has 0 radical (unpaired) electrons. The zero-order valence-corrected chi connectivity index (χ0v) is 15.7. The van der Waals surface area contributed by atoms with Crippen LogP contribution in [-0.2, 0) is 6.54 Å². The van der Waals surface area contributed by atoms with Crippen molar-refractivity contribution in [2.24, 2.45) is 0 Å². The van der Waals surface area contributed by atoms with Gasteiger partial charge in [-0.2, -0.15) is 0 Å². The SMILES string of the molecule is COc1ccc(NC(=S)N2CCn3cccc3C2c2ccc(F)cc2)cc1. The number of thiocarbonyl (C=S) groups is 1. The molecule has 0 amide bonds. The minimum Gasteiger partial charge on any atom is -0.497 e. The number of ether oxygens (including phenoxy) is 1. The lowest BCUT2D eigenvalue weighted by Gasteiger charge is -2.39. The first-order chi connectivity index (χ1) is 13.2. The van der Waals surface area contributed by atoms with Crippen molar-refractivity contribution in [2.75, 3.05) is 19.0 Å². The molecule has 6 heteroatoms. The quantitative estimate of drug-likeness (QED) is 0.680. The minimum absolute atomic E-state index is 0.0624. The van der Waals surface area contributed by atoms with Crippen molar-refractivity contribution in [1.29, 1.82) is 0 Å². The summed E-state index contributed by atoms with van der Waals surface area (Å²) in [7, 11) is 1.64. The van der Waals surface area contributed by atoms with Crippen molar-refractivity contribution in [1.82, 2.24) is 9.47 Å². The van der Waals surface area contributed by atoms with Crippen molar-refractivity contribution in [2.45, 2.75) is 12.6 Å². The van der Waals surface area contributed by atoms with Crippen LogP contribution in [0.25, 0.3) is 0 Å². The Balaban J connectivity index is 1.63. The van der Waals surface area contributed by atoms with E-state index in [4.69, 9.17) is 17.0 Å². The van der Waals surface area contributed by atoms with Gasteiger partial charge in [-0.25, -0.2) is 4.39 Å². The fourth-order valence-corrected chi connectivity index (χ4v) is 3.78. The van der Waals surface area contributed by atoms with Crippen LogP contribution in [0.2, 0.25) is 0 Å². The van der Waals surface area contributed by atoms with Crippen molar-refractivity contribution in [3.05, 3.63) is 83.9 Å². The highest BCUT2D eigenvalue weighted by atomic mass is 32.1. The first-order valence-electron chi connectivity index (χ1n) is 8.78. The zero-order chi connectivity index (χ0) is 18.8. The standard InChI is InChI=1S/C21H20FN3OS/c1-26-18-10-8-17(9-11-18)23-21(27)25-14-13-24-12-2-3-19(24)20(25)15-4-6-16(22)7-5-15/h2-12,20H,13-14H2,1H3,(H,23,27). The summed E-state index contributed by atoms with van der Waals surface area (Å²) >= 11 is 5.72. The maximum atomic E-state index is 13.4. The number of hydrogen-bond acceptors (Lipinski definition) is 2. The molecule has 0 saturated heterocycles. The number of anilines is 1. The normalized spacial score (nSPS) is 15.9. The maximum absolute atomic E-state index is 13.4. The second-order valence-corrected chi connectivity index (χ2v) is 6.82. The first-order valence-corrected chi connectivity index (χ1v) is 9.19. The lowest BCUT2D eigenvalue weighted by molar-refractivity contribution is 0.293. The van der Waals surface area contributed by atoms with E-state index in [0.717, 1.165) is 35.8 Å². The molecule has 3 aromatic rings. The molecule has 27 heavy (non-hydrogen) atoms. The Labute approximate surface area is 163 Å². The van der Waals surface area contributed by atoms with Gasteiger partial charge in [0.15, 0.2) is 5.11 Å². The fourth-order valence-electron chi connectivity index (χ4n) is 3.47. The summed E-state index contributed by atoms with van der Waals surface area (Å²) < 4.78 is 20.9. The first kappa shape index (κ1) is 17.5. The summed E-state index contributed by atoms with van der Waals surface area (Å²) in [6.07, 6.45) is 2.07. The summed E-state index contributed by atoms with van der Waals surface area (Å²) in [5, 5.41) is 3.96. The monoisotopic (exact) mass is 381 g/mol. The molecule has 1 N–H and O–H groups in total. The Hall–Kier alpha value is -2.86. The molecule has 0 bridgehead atoms. The number of aromatic nitrogens is 1. The third kappa shape index (κ3) is 3.53. The number of methoxy groups -OCH3 is 1. The lowest BCUT2D eigenvalue weighted by Crippen LogP contribution is -2.44. The fraction of sp³-hybridized carbons (Fsp3) is 0.190. The second-order valence-electron chi connectivity index (χ2n) is 6.43. The average Bonchev–Trinajstić information content (AvgIpc) is 3.17. The van der Waals surface area contributed by atoms with Crippen molar-refractivity contribution in [3.8, 4) is 5.75 Å². The number of nitrogens with one attached hydrogen (secondary N) is 1. The smallest absolute Gasteiger partial charge is 0.174 e. The molecule has 1 unspecified atom stereocenters. The molecule has 0 fully saturated rings. The lowest BCUT2D eigenvalue weighted by atomic mass is 10.0. The summed E-state index contributed by atoms with van der Waals surface area (Å²) in [6, 6.07) is 18.4. The van der Waals surface area contributed by atoms with E-state index in [1.165, 1.54) is 12.1 Å². The minimum atomic E-state index is -0.240. The topological polar surface area (TPSA) is 29.4 Å². The number of hydrogen-bond donors (Lipinski definition) is 1. The third-order valence-corrected chi connectivity index (χ3v) is 5.16. The average molecular weight is 381 g/mol. The van der Waals surface area contributed by atoms with Crippen LogP contribution in [0.3, 0.4) is 0 Å². The van der Waals surface area contributed by atoms with E-state index in [1.807, 2.05) is 42.5 Å². The molecule has 2 aromatic carbocycles. The number of halogens is 1. The van der Waals surface area contributed by atoms with Gasteiger partial charge in [-0.1, -0.05) is 12.1 Å². The van der Waals surface area contributed by atoms with Crippen LogP contribution in [0.4, 0.5) is 10.1 Å². The highest BCUT2D eigenvalue weighted by molar-refractivity contribution is 7.80. The van der Waals surface area contributed by atoms with Gasteiger partial charge in [0.25, 0.3) is 0 Å². The Morgan fingerprint density at radius 3 is 2.52 bits per heavy atom. The van der Waals surface area contributed by atoms with Gasteiger partial charge in [0.05, 0.1) is 13.2 Å². The van der Waals surface area contributed by atoms with Gasteiger partial charge in [-0.05, 0) is 66.3 Å². The Bertz CT molecular complexity index is 937. The Morgan fingerprint density at radius 1 is 1.07 bits per heavy atom. The Morgan fingerprint density at radius 2 is 1.81 bits per heavy atom. The van der Waals surface area contributed by atoms with E-state index in [2.05, 4.69) is 27.0 Å². The van der Waals surface area contributed by atoms with Gasteiger partial charge in [-0.15, -0.1) is 0 Å². The van der Waals surface area contributed by atoms with Gasteiger partial charge in [0.1, 0.15) is 11.6 Å². The summed E-state index contributed by atoms with van der Waals surface area (Å²) in [4.78, 5) is 2.15. The largest absolute Gasteiger partial charge is 0.497 e. The zero-order valence-electron chi connectivity index (χ0n) is 14.9. The molecule has 0 saturated carbocycles. The number of nitrogens with zero attached hydrogens (tertiary/aromatic N) is 2. The molecule has 4 nitrogen and oxygen atoms in total. The van der Waals surface area contributed by atoms with Crippen LogP contribution in [0.1, 0.15) is 17.3 Å². The summed E-state index contributed by atoms with van der Waals surface area (Å²) in [6.45, 7) is 1.62. The van der Waals surface area contributed by atoms with Crippen LogP contribution in [0.15, 0.2) is 66.9 Å². The van der Waals surface area contributed by atoms with E-state index in [9.17, 15) is 4.39 Å². The van der Waals surface area contributed by atoms with Crippen LogP contribution in [0, 0.1) is 5.82 Å². The van der Waals surface area contributed by atoms with E-state index in [1.54, 1.807) is 7.11 Å². The van der Waals surface area contributed by atoms with Gasteiger partial charge in [0, 0.05) is 30.7 Å². The second kappa shape index (κ2) is 7.40. The molecule has 1 aliphatic heterocycles. The van der Waals surface area contributed by atoms with E-state index in [-0.39, 0.29) is 11.9 Å². The van der Waals surface area contributed by atoms with Gasteiger partial charge < -0.3 is 19.5 Å². The van der Waals surface area contributed by atoms with E-state index >= 15 is 0 Å². The molecular formula is C21H20FN3OS. The number of fused-ring (bicyclic) bond motifs is 1. The van der Waals surface area contributed by atoms with Crippen LogP contribution in [-0.4, -0.2) is 28.2 Å². The van der Waals surface area contributed by atoms with E-state index < -0.39 is 0 Å². The molecule has 1 aromatic heterocycles. The predicted octanol–water partition coefficient (Wildman–Crippen LogP) is 4.44. The van der Waals surface area contributed by atoms with Crippen molar-refractivity contribution < 1.29 is 9.13 Å². The third-order valence-electron chi connectivity index (χ3n) is 4.83. The molecule has 0 aliphatic carbocycles. The Kier molecular flexibility index (Phi) is 4.81. The summed E-state index contributed by atoms with van der Waals surface area (Å²) in [5.74, 6) is 0.557. The molecule has 2 heterocycles. The van der Waals surface area contributed by atoms with E-state index in [0.29, 0.717) is 5.11 Å². The van der Waals surface area contributed by atoms with Crippen LogP contribution in [0.5, 0.6) is 5.75 Å². The highest BCUT2D eigenvalue weighted by Crippen LogP contribution is 2.33. The highest BCUT2D eigenvalue weighted by Gasteiger charge is 2.30. The number of benzene rings is 2. The van der Waals surface area contributed by atoms with Gasteiger partial charge in [-0.3, -0.25) is 0 Å². The molecular weight excluding hydrogens is 361 g/mol.